The Kier molecular flexibility index (Phi) is 4.98. The molecule has 0 aliphatic carbocycles. The number of carbonyl (C=O) groups is 1. The quantitative estimate of drug-likeness (QED) is 0.556. The number of anilines is 1. The molecule has 0 aromatic carbocycles. The van der Waals surface area contributed by atoms with Crippen molar-refractivity contribution in [2.24, 2.45) is 0 Å². The summed E-state index contributed by atoms with van der Waals surface area (Å²) in [5.41, 5.74) is 1.86. The highest BCUT2D eigenvalue weighted by Crippen LogP contribution is 2.32. The summed E-state index contributed by atoms with van der Waals surface area (Å²) in [5, 5.41) is 0. The molecule has 146 valence electrons. The molecule has 1 N–H and O–H groups in total. The molecule has 2 fully saturated rings. The van der Waals surface area contributed by atoms with Crippen molar-refractivity contribution >= 4 is 51.7 Å². The minimum absolute atomic E-state index is 0.170. The van der Waals surface area contributed by atoms with Gasteiger partial charge in [0.2, 0.25) is 0 Å². The number of quaternary nitrogens is 1. The van der Waals surface area contributed by atoms with E-state index >= 15 is 0 Å². The van der Waals surface area contributed by atoms with E-state index in [0.29, 0.717) is 26.3 Å². The van der Waals surface area contributed by atoms with Gasteiger partial charge in [-0.3, -0.25) is 18.9 Å². The normalized spacial score (nSPS) is 20.0. The molecule has 0 spiro atoms. The minimum atomic E-state index is -0.183. The number of carbonyl (C=O) groups excluding carboxylic acids is 1. The second kappa shape index (κ2) is 7.31. The average molecular weight is 417 g/mol. The summed E-state index contributed by atoms with van der Waals surface area (Å²) in [6, 6.07) is 3.78. The van der Waals surface area contributed by atoms with E-state index in [0.717, 1.165) is 31.7 Å². The fourth-order valence-electron chi connectivity index (χ4n) is 3.44. The molecule has 0 atom stereocenters. The van der Waals surface area contributed by atoms with Crippen molar-refractivity contribution in [3.05, 3.63) is 44.7 Å². The Hall–Kier alpha value is -2.23. The van der Waals surface area contributed by atoms with Gasteiger partial charge in [-0.25, -0.2) is 4.98 Å². The van der Waals surface area contributed by atoms with Crippen LogP contribution in [0, 0.1) is 6.92 Å². The van der Waals surface area contributed by atoms with Gasteiger partial charge in [0, 0.05) is 13.2 Å². The van der Waals surface area contributed by atoms with E-state index in [1.807, 2.05) is 19.1 Å². The fraction of sp³-hybridized carbons (Fsp3) is 0.368. The summed E-state index contributed by atoms with van der Waals surface area (Å²) in [6.07, 6.45) is 3.38. The lowest BCUT2D eigenvalue weighted by Gasteiger charge is -2.31. The van der Waals surface area contributed by atoms with Crippen LogP contribution in [0.4, 0.5) is 5.82 Å². The van der Waals surface area contributed by atoms with Gasteiger partial charge in [0.25, 0.3) is 11.5 Å². The van der Waals surface area contributed by atoms with Gasteiger partial charge in [-0.2, -0.15) is 0 Å². The number of hydrogen-bond donors (Lipinski definition) is 1. The topological polar surface area (TPSA) is 62.4 Å². The Morgan fingerprint density at radius 2 is 2.00 bits per heavy atom. The van der Waals surface area contributed by atoms with E-state index in [4.69, 9.17) is 17.2 Å². The van der Waals surface area contributed by atoms with Crippen molar-refractivity contribution in [3.8, 4) is 0 Å². The minimum Gasteiger partial charge on any atom is -0.345 e. The van der Waals surface area contributed by atoms with E-state index in [-0.39, 0.29) is 11.5 Å². The maximum Gasteiger partial charge on any atom is 0.267 e. The predicted octanol–water partition coefficient (Wildman–Crippen LogP) is 0.169. The lowest BCUT2D eigenvalue weighted by molar-refractivity contribution is -0.880. The van der Waals surface area contributed by atoms with Crippen LogP contribution in [-0.4, -0.2) is 64.8 Å². The number of likely N-dealkylation sites (N-methyl/N-ethyl adjacent to an activating group) is 2. The number of hydrogen-bond acceptors (Lipinski definition) is 6. The highest BCUT2D eigenvalue weighted by atomic mass is 32.2. The van der Waals surface area contributed by atoms with E-state index in [1.165, 1.54) is 21.6 Å². The standard InChI is InChI=1S/C19H21N5O2S2/c1-12-5-4-6-24-15(12)20-16(23-9-7-21(2)8-10-23)13(17(24)25)11-14-18(26)22(3)19(27)28-14/h4-6,11H,7-10H2,1-3H3/p+1/b14-11-. The number of thioether (sulfide) groups is 1. The van der Waals surface area contributed by atoms with Crippen LogP contribution in [0.15, 0.2) is 28.0 Å². The molecule has 2 saturated heterocycles. The number of nitrogens with one attached hydrogen (secondary N) is 1. The predicted molar refractivity (Wildman–Crippen MR) is 116 cm³/mol. The highest BCUT2D eigenvalue weighted by molar-refractivity contribution is 8.26. The van der Waals surface area contributed by atoms with E-state index in [9.17, 15) is 9.59 Å². The number of amides is 1. The zero-order valence-electron chi connectivity index (χ0n) is 16.1. The first-order chi connectivity index (χ1) is 13.4. The van der Waals surface area contributed by atoms with Crippen LogP contribution in [0.1, 0.15) is 11.1 Å². The van der Waals surface area contributed by atoms with Crippen molar-refractivity contribution in [1.29, 1.82) is 0 Å². The van der Waals surface area contributed by atoms with Crippen LogP contribution in [0.3, 0.4) is 0 Å². The first kappa shape index (κ1) is 19.1. The van der Waals surface area contributed by atoms with Gasteiger partial charge in [0.15, 0.2) is 0 Å². The van der Waals surface area contributed by atoms with E-state index in [2.05, 4.69) is 11.9 Å². The lowest BCUT2D eigenvalue weighted by Crippen LogP contribution is -3.12. The third-order valence-corrected chi connectivity index (χ3v) is 6.73. The van der Waals surface area contributed by atoms with Gasteiger partial charge in [0.1, 0.15) is 15.8 Å². The summed E-state index contributed by atoms with van der Waals surface area (Å²) in [6.45, 7) is 5.53. The molecule has 0 radical (unpaired) electrons. The summed E-state index contributed by atoms with van der Waals surface area (Å²) >= 11 is 6.45. The molecule has 7 nitrogen and oxygen atoms in total. The molecule has 0 bridgehead atoms. The number of thiocarbonyl (C=S) groups is 1. The third kappa shape index (κ3) is 3.23. The first-order valence-corrected chi connectivity index (χ1v) is 10.4. The van der Waals surface area contributed by atoms with Crippen molar-refractivity contribution in [2.45, 2.75) is 6.92 Å². The van der Waals surface area contributed by atoms with Crippen LogP contribution in [0.25, 0.3) is 11.7 Å². The molecule has 0 unspecified atom stereocenters. The summed E-state index contributed by atoms with van der Waals surface area (Å²) in [4.78, 5) is 36.2. The monoisotopic (exact) mass is 416 g/mol. The SMILES string of the molecule is Cc1cccn2c(=O)c(/C=C3\SC(=S)N(C)C3=O)c(N3CC[NH+](C)CC3)nc12. The summed E-state index contributed by atoms with van der Waals surface area (Å²) in [5.74, 6) is 0.464. The molecule has 4 heterocycles. The van der Waals surface area contributed by atoms with Gasteiger partial charge in [-0.1, -0.05) is 30.0 Å². The average Bonchev–Trinajstić information content (AvgIpc) is 2.92. The number of fused-ring (bicyclic) bond motifs is 1. The Morgan fingerprint density at radius 3 is 2.64 bits per heavy atom. The van der Waals surface area contributed by atoms with Crippen LogP contribution < -0.4 is 15.4 Å². The maximum absolute atomic E-state index is 13.3. The highest BCUT2D eigenvalue weighted by Gasteiger charge is 2.30. The van der Waals surface area contributed by atoms with Crippen molar-refractivity contribution in [3.63, 3.8) is 0 Å². The zero-order chi connectivity index (χ0) is 20.0. The number of nitrogens with zero attached hydrogens (tertiary/aromatic N) is 4. The Bertz CT molecular complexity index is 1070. The van der Waals surface area contributed by atoms with Crippen LogP contribution >= 0.6 is 24.0 Å². The van der Waals surface area contributed by atoms with Crippen molar-refractivity contribution < 1.29 is 9.69 Å². The molecule has 4 rings (SSSR count). The molecule has 2 aromatic rings. The van der Waals surface area contributed by atoms with Gasteiger partial charge >= 0.3 is 0 Å². The molecular formula is C19H22N5O2S2+. The number of aryl methyl sites for hydroxylation is 1. The first-order valence-electron chi connectivity index (χ1n) is 9.16. The number of aromatic nitrogens is 2. The van der Waals surface area contributed by atoms with Crippen molar-refractivity contribution in [2.75, 3.05) is 45.2 Å². The van der Waals surface area contributed by atoms with E-state index in [1.54, 1.807) is 23.7 Å². The second-order valence-electron chi connectivity index (χ2n) is 7.22. The molecule has 2 aliphatic heterocycles. The number of rotatable bonds is 2. The van der Waals surface area contributed by atoms with Gasteiger partial charge in [-0.05, 0) is 24.6 Å². The molecule has 1 amide bonds. The Morgan fingerprint density at radius 1 is 1.29 bits per heavy atom. The van der Waals surface area contributed by atoms with Gasteiger partial charge in [0.05, 0.1) is 43.7 Å². The largest absolute Gasteiger partial charge is 0.345 e. The van der Waals surface area contributed by atoms with E-state index < -0.39 is 0 Å². The molecule has 2 aliphatic rings. The number of pyridine rings is 1. The Balaban J connectivity index is 1.92. The molecular weight excluding hydrogens is 394 g/mol. The lowest BCUT2D eigenvalue weighted by atomic mass is 10.2. The Labute approximate surface area is 172 Å². The van der Waals surface area contributed by atoms with Crippen LogP contribution in [0.2, 0.25) is 0 Å². The zero-order valence-corrected chi connectivity index (χ0v) is 17.7. The summed E-state index contributed by atoms with van der Waals surface area (Å²) < 4.78 is 2.05. The number of piperazine rings is 1. The van der Waals surface area contributed by atoms with Crippen LogP contribution in [0.5, 0.6) is 0 Å². The van der Waals surface area contributed by atoms with Gasteiger partial charge < -0.3 is 9.80 Å². The molecule has 9 heteroatoms. The van der Waals surface area contributed by atoms with Crippen molar-refractivity contribution in [1.82, 2.24) is 14.3 Å². The fourth-order valence-corrected chi connectivity index (χ4v) is 4.61. The molecule has 0 saturated carbocycles. The van der Waals surface area contributed by atoms with Gasteiger partial charge in [-0.15, -0.1) is 0 Å². The second-order valence-corrected chi connectivity index (χ2v) is 8.90. The summed E-state index contributed by atoms with van der Waals surface area (Å²) in [7, 11) is 3.81. The maximum atomic E-state index is 13.3. The smallest absolute Gasteiger partial charge is 0.267 e. The molecule has 2 aromatic heterocycles. The third-order valence-electron chi connectivity index (χ3n) is 5.24. The van der Waals surface area contributed by atoms with Crippen LogP contribution in [-0.2, 0) is 4.79 Å². The molecule has 28 heavy (non-hydrogen) atoms.